The van der Waals surface area contributed by atoms with Gasteiger partial charge in [0.25, 0.3) is 15.9 Å². The monoisotopic (exact) mass is 358 g/mol. The average molecular weight is 358 g/mol. The standard InChI is InChI=1S/C19H22N2O3S/c1-15-7-5-9-17(13-15)20-25(23,24)18-10-6-8-16(14-18)19(22)21-11-3-2-4-12-21/h5-10,13-14,20H,2-4,11-12H2,1H3. The Morgan fingerprint density at radius 2 is 1.72 bits per heavy atom. The number of rotatable bonds is 4. The van der Waals surface area contributed by atoms with Crippen LogP contribution in [0.25, 0.3) is 0 Å². The fraction of sp³-hybridized carbons (Fsp3) is 0.316. The van der Waals surface area contributed by atoms with Gasteiger partial charge in [-0.05, 0) is 62.1 Å². The van der Waals surface area contributed by atoms with Gasteiger partial charge in [-0.15, -0.1) is 0 Å². The molecule has 1 saturated heterocycles. The molecule has 0 aromatic heterocycles. The van der Waals surface area contributed by atoms with Crippen molar-refractivity contribution in [3.63, 3.8) is 0 Å². The van der Waals surface area contributed by atoms with Crippen LogP contribution in [-0.4, -0.2) is 32.3 Å². The van der Waals surface area contributed by atoms with Gasteiger partial charge < -0.3 is 4.90 Å². The lowest BCUT2D eigenvalue weighted by Crippen LogP contribution is -2.35. The maximum absolute atomic E-state index is 12.6. The molecule has 3 rings (SSSR count). The van der Waals surface area contributed by atoms with Crippen molar-refractivity contribution in [1.82, 2.24) is 4.90 Å². The van der Waals surface area contributed by atoms with E-state index >= 15 is 0 Å². The summed E-state index contributed by atoms with van der Waals surface area (Å²) in [4.78, 5) is 14.5. The lowest BCUT2D eigenvalue weighted by atomic mass is 10.1. The average Bonchev–Trinajstić information content (AvgIpc) is 2.61. The Bertz CT molecular complexity index is 872. The summed E-state index contributed by atoms with van der Waals surface area (Å²) in [6, 6.07) is 13.4. The molecule has 1 aliphatic rings. The molecule has 1 N–H and O–H groups in total. The van der Waals surface area contributed by atoms with Crippen LogP contribution in [0.15, 0.2) is 53.4 Å². The lowest BCUT2D eigenvalue weighted by Gasteiger charge is -2.26. The van der Waals surface area contributed by atoms with Crippen molar-refractivity contribution in [3.05, 3.63) is 59.7 Å². The molecule has 0 spiro atoms. The van der Waals surface area contributed by atoms with E-state index in [1.807, 2.05) is 13.0 Å². The van der Waals surface area contributed by atoms with Crippen molar-refractivity contribution in [2.75, 3.05) is 17.8 Å². The molecule has 25 heavy (non-hydrogen) atoms. The Labute approximate surface area is 148 Å². The Morgan fingerprint density at radius 3 is 2.44 bits per heavy atom. The zero-order valence-corrected chi connectivity index (χ0v) is 15.1. The van der Waals surface area contributed by atoms with Crippen molar-refractivity contribution in [2.45, 2.75) is 31.1 Å². The second kappa shape index (κ2) is 7.27. The van der Waals surface area contributed by atoms with Crippen LogP contribution in [-0.2, 0) is 10.0 Å². The number of hydrogen-bond donors (Lipinski definition) is 1. The molecule has 6 heteroatoms. The third-order valence-corrected chi connectivity index (χ3v) is 5.68. The van der Waals surface area contributed by atoms with E-state index in [-0.39, 0.29) is 10.8 Å². The number of amides is 1. The summed E-state index contributed by atoms with van der Waals surface area (Å²) in [5.74, 6) is -0.104. The number of likely N-dealkylation sites (tertiary alicyclic amines) is 1. The van der Waals surface area contributed by atoms with E-state index in [0.29, 0.717) is 11.3 Å². The van der Waals surface area contributed by atoms with Crippen molar-refractivity contribution in [1.29, 1.82) is 0 Å². The van der Waals surface area contributed by atoms with Gasteiger partial charge in [-0.25, -0.2) is 8.42 Å². The zero-order chi connectivity index (χ0) is 17.9. The van der Waals surface area contributed by atoms with Crippen LogP contribution in [0, 0.1) is 6.92 Å². The Kier molecular flexibility index (Phi) is 5.08. The molecule has 0 atom stereocenters. The highest BCUT2D eigenvalue weighted by atomic mass is 32.2. The molecule has 0 bridgehead atoms. The smallest absolute Gasteiger partial charge is 0.261 e. The molecule has 0 radical (unpaired) electrons. The van der Waals surface area contributed by atoms with E-state index < -0.39 is 10.0 Å². The number of carbonyl (C=O) groups excluding carboxylic acids is 1. The first kappa shape index (κ1) is 17.5. The van der Waals surface area contributed by atoms with Gasteiger partial charge in [0.1, 0.15) is 0 Å². The molecular formula is C19H22N2O3S. The fourth-order valence-corrected chi connectivity index (χ4v) is 4.09. The third kappa shape index (κ3) is 4.20. The second-order valence-corrected chi connectivity index (χ2v) is 8.04. The van der Waals surface area contributed by atoms with E-state index in [9.17, 15) is 13.2 Å². The molecule has 1 heterocycles. The molecule has 0 saturated carbocycles. The van der Waals surface area contributed by atoms with Crippen molar-refractivity contribution in [3.8, 4) is 0 Å². The van der Waals surface area contributed by atoms with Crippen LogP contribution in [0.4, 0.5) is 5.69 Å². The topological polar surface area (TPSA) is 66.5 Å². The number of piperidine rings is 1. The van der Waals surface area contributed by atoms with Crippen molar-refractivity contribution >= 4 is 21.6 Å². The summed E-state index contributed by atoms with van der Waals surface area (Å²) < 4.78 is 27.8. The van der Waals surface area contributed by atoms with Crippen molar-refractivity contribution in [2.24, 2.45) is 0 Å². The summed E-state index contributed by atoms with van der Waals surface area (Å²) in [6.07, 6.45) is 3.13. The maximum atomic E-state index is 12.6. The van der Waals surface area contributed by atoms with Crippen LogP contribution in [0.1, 0.15) is 35.2 Å². The van der Waals surface area contributed by atoms with Crippen LogP contribution < -0.4 is 4.72 Å². The molecule has 132 valence electrons. The van der Waals surface area contributed by atoms with Gasteiger partial charge in [0.15, 0.2) is 0 Å². The highest BCUT2D eigenvalue weighted by molar-refractivity contribution is 7.92. The number of nitrogens with one attached hydrogen (secondary N) is 1. The van der Waals surface area contributed by atoms with E-state index in [4.69, 9.17) is 0 Å². The van der Waals surface area contributed by atoms with Gasteiger partial charge in [-0.3, -0.25) is 9.52 Å². The maximum Gasteiger partial charge on any atom is 0.261 e. The van der Waals surface area contributed by atoms with Crippen LogP contribution in [0.3, 0.4) is 0 Å². The first-order valence-electron chi connectivity index (χ1n) is 8.44. The Morgan fingerprint density at radius 1 is 1.00 bits per heavy atom. The van der Waals surface area contributed by atoms with Crippen LogP contribution in [0.5, 0.6) is 0 Å². The minimum Gasteiger partial charge on any atom is -0.339 e. The molecule has 5 nitrogen and oxygen atoms in total. The normalized spacial score (nSPS) is 15.0. The van der Waals surface area contributed by atoms with Gasteiger partial charge in [0, 0.05) is 24.3 Å². The molecule has 1 fully saturated rings. The van der Waals surface area contributed by atoms with E-state index in [2.05, 4.69) is 4.72 Å². The van der Waals surface area contributed by atoms with Gasteiger partial charge in [-0.1, -0.05) is 18.2 Å². The highest BCUT2D eigenvalue weighted by Gasteiger charge is 2.21. The third-order valence-electron chi connectivity index (χ3n) is 4.30. The van der Waals surface area contributed by atoms with E-state index in [1.54, 1.807) is 35.2 Å². The largest absolute Gasteiger partial charge is 0.339 e. The number of sulfonamides is 1. The number of anilines is 1. The minimum atomic E-state index is -3.74. The van der Waals surface area contributed by atoms with Gasteiger partial charge in [0.2, 0.25) is 0 Å². The first-order chi connectivity index (χ1) is 12.0. The summed E-state index contributed by atoms with van der Waals surface area (Å²) in [5.41, 5.74) is 1.89. The summed E-state index contributed by atoms with van der Waals surface area (Å²) in [7, 11) is -3.74. The summed E-state index contributed by atoms with van der Waals surface area (Å²) in [5, 5.41) is 0. The molecule has 2 aromatic rings. The Balaban J connectivity index is 1.83. The number of aryl methyl sites for hydroxylation is 1. The molecule has 0 aliphatic carbocycles. The Hall–Kier alpha value is -2.34. The summed E-state index contributed by atoms with van der Waals surface area (Å²) in [6.45, 7) is 3.37. The molecule has 2 aromatic carbocycles. The van der Waals surface area contributed by atoms with Gasteiger partial charge in [-0.2, -0.15) is 0 Å². The number of nitrogens with zero attached hydrogens (tertiary/aromatic N) is 1. The zero-order valence-electron chi connectivity index (χ0n) is 14.2. The lowest BCUT2D eigenvalue weighted by molar-refractivity contribution is 0.0724. The van der Waals surface area contributed by atoms with Gasteiger partial charge in [0.05, 0.1) is 4.90 Å². The predicted molar refractivity (Wildman–Crippen MR) is 98.2 cm³/mol. The van der Waals surface area contributed by atoms with Crippen LogP contribution in [0.2, 0.25) is 0 Å². The minimum absolute atomic E-state index is 0.0943. The fourth-order valence-electron chi connectivity index (χ4n) is 3.00. The molecule has 0 unspecified atom stereocenters. The van der Waals surface area contributed by atoms with E-state index in [1.165, 1.54) is 12.1 Å². The van der Waals surface area contributed by atoms with Crippen LogP contribution >= 0.6 is 0 Å². The number of benzene rings is 2. The first-order valence-corrected chi connectivity index (χ1v) is 9.93. The number of carbonyl (C=O) groups is 1. The van der Waals surface area contributed by atoms with E-state index in [0.717, 1.165) is 37.9 Å². The van der Waals surface area contributed by atoms with Crippen molar-refractivity contribution < 1.29 is 13.2 Å². The SMILES string of the molecule is Cc1cccc(NS(=O)(=O)c2cccc(C(=O)N3CCCCC3)c2)c1. The number of hydrogen-bond acceptors (Lipinski definition) is 3. The quantitative estimate of drug-likeness (QED) is 0.911. The molecule has 1 amide bonds. The summed E-state index contributed by atoms with van der Waals surface area (Å²) >= 11 is 0. The van der Waals surface area contributed by atoms with Gasteiger partial charge >= 0.3 is 0 Å². The second-order valence-electron chi connectivity index (χ2n) is 6.36. The highest BCUT2D eigenvalue weighted by Crippen LogP contribution is 2.20. The molecule has 1 aliphatic heterocycles. The molecular weight excluding hydrogens is 336 g/mol. The predicted octanol–water partition coefficient (Wildman–Crippen LogP) is 3.42.